The van der Waals surface area contributed by atoms with Crippen molar-refractivity contribution < 1.29 is 9.26 Å². The maximum absolute atomic E-state index is 6.11. The molecule has 0 bridgehead atoms. The van der Waals surface area contributed by atoms with Crippen LogP contribution in [-0.4, -0.2) is 10.1 Å². The van der Waals surface area contributed by atoms with E-state index in [1.165, 1.54) is 0 Å². The maximum Gasteiger partial charge on any atom is 0.258 e. The third-order valence-corrected chi connectivity index (χ3v) is 4.75. The van der Waals surface area contributed by atoms with Crippen molar-refractivity contribution in [3.05, 3.63) is 76.6 Å². The Morgan fingerprint density at radius 2 is 1.96 bits per heavy atom. The average Bonchev–Trinajstić information content (AvgIpc) is 3.33. The Morgan fingerprint density at radius 3 is 2.80 bits per heavy atom. The summed E-state index contributed by atoms with van der Waals surface area (Å²) in [6.45, 7) is 0.406. The van der Waals surface area contributed by atoms with Gasteiger partial charge < -0.3 is 9.26 Å². The van der Waals surface area contributed by atoms with Crippen molar-refractivity contribution in [2.75, 3.05) is 0 Å². The molecule has 25 heavy (non-hydrogen) atoms. The Morgan fingerprint density at radius 1 is 1.04 bits per heavy atom. The molecule has 0 N–H and O–H groups in total. The summed E-state index contributed by atoms with van der Waals surface area (Å²) < 4.78 is 11.2. The Balaban J connectivity index is 1.53. The van der Waals surface area contributed by atoms with Gasteiger partial charge in [0.2, 0.25) is 5.82 Å². The quantitative estimate of drug-likeness (QED) is 0.453. The van der Waals surface area contributed by atoms with E-state index in [-0.39, 0.29) is 0 Å². The van der Waals surface area contributed by atoms with Gasteiger partial charge in [-0.1, -0.05) is 47.1 Å². The molecular weight excluding hydrogens is 356 g/mol. The highest BCUT2D eigenvalue weighted by Crippen LogP contribution is 2.27. The lowest BCUT2D eigenvalue weighted by atomic mass is 10.1. The van der Waals surface area contributed by atoms with Gasteiger partial charge in [-0.25, -0.2) is 0 Å². The Labute approximate surface area is 153 Å². The van der Waals surface area contributed by atoms with Crippen molar-refractivity contribution in [1.29, 1.82) is 0 Å². The van der Waals surface area contributed by atoms with Crippen molar-refractivity contribution in [3.8, 4) is 27.9 Å². The summed E-state index contributed by atoms with van der Waals surface area (Å²) >= 11 is 7.69. The molecule has 0 spiro atoms. The molecule has 0 amide bonds. The molecule has 2 heterocycles. The predicted molar refractivity (Wildman–Crippen MR) is 98.8 cm³/mol. The molecular formula is C19H13ClN2O2S. The monoisotopic (exact) mass is 368 g/mol. The number of thiophene rings is 1. The fourth-order valence-electron chi connectivity index (χ4n) is 2.36. The van der Waals surface area contributed by atoms with E-state index in [1.807, 2.05) is 60.0 Å². The summed E-state index contributed by atoms with van der Waals surface area (Å²) in [5, 5.41) is 6.62. The largest absolute Gasteiger partial charge is 0.487 e. The Bertz CT molecular complexity index is 983. The molecule has 124 valence electrons. The number of hydrogen-bond donors (Lipinski definition) is 0. The molecule has 0 atom stereocenters. The van der Waals surface area contributed by atoms with E-state index >= 15 is 0 Å². The molecule has 0 unspecified atom stereocenters. The van der Waals surface area contributed by atoms with Crippen LogP contribution in [0.4, 0.5) is 0 Å². The zero-order chi connectivity index (χ0) is 17.1. The van der Waals surface area contributed by atoms with Gasteiger partial charge in [0.1, 0.15) is 12.4 Å². The third kappa shape index (κ3) is 3.57. The van der Waals surface area contributed by atoms with Gasteiger partial charge in [-0.05, 0) is 41.3 Å². The summed E-state index contributed by atoms with van der Waals surface area (Å²) in [5.41, 5.74) is 1.85. The molecule has 0 radical (unpaired) electrons. The highest BCUT2D eigenvalue weighted by atomic mass is 35.5. The molecule has 0 aliphatic heterocycles. The first-order valence-corrected chi connectivity index (χ1v) is 8.89. The van der Waals surface area contributed by atoms with E-state index in [0.29, 0.717) is 29.1 Å². The first-order chi connectivity index (χ1) is 12.3. The summed E-state index contributed by atoms with van der Waals surface area (Å²) in [6.07, 6.45) is 0. The van der Waals surface area contributed by atoms with Crippen LogP contribution in [0.5, 0.6) is 5.75 Å². The number of para-hydroxylation sites is 1. The normalized spacial score (nSPS) is 10.8. The molecule has 0 fully saturated rings. The lowest BCUT2D eigenvalue weighted by molar-refractivity contribution is 0.306. The second-order valence-electron chi connectivity index (χ2n) is 5.32. The fraction of sp³-hybridized carbons (Fsp3) is 0.0526. The number of ether oxygens (including phenoxy) is 1. The van der Waals surface area contributed by atoms with Gasteiger partial charge in [0, 0.05) is 5.56 Å². The van der Waals surface area contributed by atoms with Crippen LogP contribution in [0.25, 0.3) is 22.2 Å². The van der Waals surface area contributed by atoms with E-state index in [0.717, 1.165) is 16.0 Å². The zero-order valence-corrected chi connectivity index (χ0v) is 14.6. The molecule has 0 saturated heterocycles. The molecule has 4 nitrogen and oxygen atoms in total. The van der Waals surface area contributed by atoms with E-state index in [4.69, 9.17) is 20.9 Å². The first-order valence-electron chi connectivity index (χ1n) is 7.64. The topological polar surface area (TPSA) is 48.2 Å². The van der Waals surface area contributed by atoms with Gasteiger partial charge in [0.25, 0.3) is 5.89 Å². The number of hydrogen-bond acceptors (Lipinski definition) is 5. The highest BCUT2D eigenvalue weighted by Gasteiger charge is 2.12. The fourth-order valence-corrected chi connectivity index (χ4v) is 3.20. The van der Waals surface area contributed by atoms with Gasteiger partial charge >= 0.3 is 0 Å². The van der Waals surface area contributed by atoms with Gasteiger partial charge in [0.15, 0.2) is 0 Å². The van der Waals surface area contributed by atoms with Crippen LogP contribution in [-0.2, 0) is 6.61 Å². The minimum absolute atomic E-state index is 0.406. The molecule has 4 rings (SSSR count). The van der Waals surface area contributed by atoms with E-state index in [9.17, 15) is 0 Å². The SMILES string of the molecule is Clc1ccccc1OCc1cccc(-c2nc(-c3cccs3)no2)c1. The molecule has 0 aliphatic carbocycles. The number of nitrogens with zero attached hydrogens (tertiary/aromatic N) is 2. The number of rotatable bonds is 5. The lowest BCUT2D eigenvalue weighted by Crippen LogP contribution is -1.96. The molecule has 0 aliphatic rings. The van der Waals surface area contributed by atoms with Crippen LogP contribution in [0.1, 0.15) is 5.56 Å². The summed E-state index contributed by atoms with van der Waals surface area (Å²) in [7, 11) is 0. The second-order valence-corrected chi connectivity index (χ2v) is 6.67. The molecule has 2 aromatic carbocycles. The van der Waals surface area contributed by atoms with Crippen LogP contribution in [0.3, 0.4) is 0 Å². The van der Waals surface area contributed by atoms with Crippen LogP contribution in [0, 0.1) is 0 Å². The standard InChI is InChI=1S/C19H13ClN2O2S/c20-15-7-1-2-8-16(15)23-12-13-5-3-6-14(11-13)19-21-18(22-24-19)17-9-4-10-25-17/h1-11H,12H2. The number of aromatic nitrogens is 2. The summed E-state index contributed by atoms with van der Waals surface area (Å²) in [6, 6.07) is 19.2. The van der Waals surface area contributed by atoms with Crippen LogP contribution in [0.15, 0.2) is 70.6 Å². The minimum atomic E-state index is 0.406. The Hall–Kier alpha value is -2.63. The zero-order valence-electron chi connectivity index (χ0n) is 13.1. The molecule has 6 heteroatoms. The predicted octanol–water partition coefficient (Wildman–Crippen LogP) is 5.70. The van der Waals surface area contributed by atoms with Crippen molar-refractivity contribution in [2.45, 2.75) is 6.61 Å². The van der Waals surface area contributed by atoms with Gasteiger partial charge in [-0.15, -0.1) is 11.3 Å². The van der Waals surface area contributed by atoms with E-state index in [1.54, 1.807) is 17.4 Å². The number of halogens is 1. The summed E-state index contributed by atoms with van der Waals surface area (Å²) in [5.74, 6) is 1.75. The van der Waals surface area contributed by atoms with E-state index in [2.05, 4.69) is 10.1 Å². The van der Waals surface area contributed by atoms with Gasteiger partial charge in [-0.2, -0.15) is 4.98 Å². The van der Waals surface area contributed by atoms with Crippen LogP contribution in [0.2, 0.25) is 5.02 Å². The maximum atomic E-state index is 6.11. The minimum Gasteiger partial charge on any atom is -0.487 e. The first kappa shape index (κ1) is 15.9. The molecule has 2 aromatic heterocycles. The second kappa shape index (κ2) is 7.09. The van der Waals surface area contributed by atoms with Crippen molar-refractivity contribution in [2.24, 2.45) is 0 Å². The number of benzene rings is 2. The summed E-state index contributed by atoms with van der Waals surface area (Å²) in [4.78, 5) is 5.45. The van der Waals surface area contributed by atoms with Gasteiger partial charge in [-0.3, -0.25) is 0 Å². The molecule has 4 aromatic rings. The van der Waals surface area contributed by atoms with Crippen molar-refractivity contribution in [1.82, 2.24) is 10.1 Å². The van der Waals surface area contributed by atoms with E-state index < -0.39 is 0 Å². The van der Waals surface area contributed by atoms with Crippen molar-refractivity contribution >= 4 is 22.9 Å². The van der Waals surface area contributed by atoms with Crippen molar-refractivity contribution in [3.63, 3.8) is 0 Å². The Kier molecular flexibility index (Phi) is 4.50. The third-order valence-electron chi connectivity index (χ3n) is 3.57. The van der Waals surface area contributed by atoms with Crippen LogP contribution >= 0.6 is 22.9 Å². The lowest BCUT2D eigenvalue weighted by Gasteiger charge is -2.08. The van der Waals surface area contributed by atoms with Crippen LogP contribution < -0.4 is 4.74 Å². The smallest absolute Gasteiger partial charge is 0.258 e. The molecule has 0 saturated carbocycles. The van der Waals surface area contributed by atoms with Gasteiger partial charge in [0.05, 0.1) is 9.90 Å². The highest BCUT2D eigenvalue weighted by molar-refractivity contribution is 7.13. The average molecular weight is 369 g/mol.